The molecular formula is C12H12N2O3. The summed E-state index contributed by atoms with van der Waals surface area (Å²) in [5, 5.41) is 15.7. The molecule has 0 saturated heterocycles. The summed E-state index contributed by atoms with van der Waals surface area (Å²) in [4.78, 5) is 11.7. The van der Waals surface area contributed by atoms with Crippen LogP contribution in [0.3, 0.4) is 0 Å². The van der Waals surface area contributed by atoms with Crippen LogP contribution < -0.4 is 5.32 Å². The lowest BCUT2D eigenvalue weighted by molar-refractivity contribution is 0.0946. The van der Waals surface area contributed by atoms with Crippen molar-refractivity contribution in [3.63, 3.8) is 0 Å². The normalized spacial score (nSPS) is 10.2. The third-order valence-electron chi connectivity index (χ3n) is 2.39. The number of phenols is 1. The van der Waals surface area contributed by atoms with Gasteiger partial charge in [0, 0.05) is 11.6 Å². The first-order chi connectivity index (χ1) is 8.16. The molecule has 2 aromatic rings. The quantitative estimate of drug-likeness (QED) is 0.843. The first-order valence-corrected chi connectivity index (χ1v) is 5.14. The van der Waals surface area contributed by atoms with E-state index < -0.39 is 0 Å². The lowest BCUT2D eigenvalue weighted by Gasteiger charge is -2.04. The molecule has 5 heteroatoms. The molecule has 1 aromatic carbocycles. The van der Waals surface area contributed by atoms with E-state index in [2.05, 4.69) is 10.5 Å². The average Bonchev–Trinajstić information content (AvgIpc) is 2.82. The van der Waals surface area contributed by atoms with Crippen molar-refractivity contribution in [2.24, 2.45) is 0 Å². The van der Waals surface area contributed by atoms with E-state index in [0.717, 1.165) is 5.56 Å². The minimum Gasteiger partial charge on any atom is -0.508 e. The Kier molecular flexibility index (Phi) is 3.09. The first kappa shape index (κ1) is 11.2. The topological polar surface area (TPSA) is 75.4 Å². The van der Waals surface area contributed by atoms with Crippen molar-refractivity contribution < 1.29 is 14.4 Å². The molecule has 0 saturated carbocycles. The highest BCUT2D eigenvalue weighted by molar-refractivity contribution is 5.94. The number of benzene rings is 1. The van der Waals surface area contributed by atoms with E-state index in [0.29, 0.717) is 11.3 Å². The van der Waals surface area contributed by atoms with E-state index in [4.69, 9.17) is 4.52 Å². The van der Waals surface area contributed by atoms with Gasteiger partial charge in [-0.3, -0.25) is 4.79 Å². The second-order valence-electron chi connectivity index (χ2n) is 3.66. The van der Waals surface area contributed by atoms with Gasteiger partial charge in [-0.2, -0.15) is 0 Å². The van der Waals surface area contributed by atoms with Gasteiger partial charge in [0.05, 0.1) is 12.7 Å². The van der Waals surface area contributed by atoms with Crippen molar-refractivity contribution in [2.45, 2.75) is 13.5 Å². The van der Waals surface area contributed by atoms with Crippen molar-refractivity contribution in [1.82, 2.24) is 10.5 Å². The first-order valence-electron chi connectivity index (χ1n) is 5.14. The average molecular weight is 232 g/mol. The number of carbonyl (C=O) groups is 1. The number of nitrogens with zero attached hydrogens (tertiary/aromatic N) is 1. The van der Waals surface area contributed by atoms with Crippen molar-refractivity contribution in [3.05, 3.63) is 47.3 Å². The van der Waals surface area contributed by atoms with Crippen LogP contribution >= 0.6 is 0 Å². The van der Waals surface area contributed by atoms with Crippen molar-refractivity contribution in [2.75, 3.05) is 0 Å². The molecule has 0 aliphatic carbocycles. The summed E-state index contributed by atoms with van der Waals surface area (Å²) in [6.07, 6.45) is 1.51. The smallest absolute Gasteiger partial charge is 0.251 e. The van der Waals surface area contributed by atoms with Crippen LogP contribution in [0.5, 0.6) is 5.75 Å². The van der Waals surface area contributed by atoms with Gasteiger partial charge in [0.25, 0.3) is 5.91 Å². The summed E-state index contributed by atoms with van der Waals surface area (Å²) in [6.45, 7) is 2.04. The Morgan fingerprint density at radius 3 is 2.94 bits per heavy atom. The number of hydrogen-bond donors (Lipinski definition) is 2. The molecule has 1 amide bonds. The Labute approximate surface area is 98.1 Å². The highest BCUT2D eigenvalue weighted by Gasteiger charge is 2.08. The minimum absolute atomic E-state index is 0.109. The van der Waals surface area contributed by atoms with Crippen LogP contribution in [-0.4, -0.2) is 16.2 Å². The zero-order valence-electron chi connectivity index (χ0n) is 9.30. The Hall–Kier alpha value is -2.30. The number of rotatable bonds is 3. The summed E-state index contributed by atoms with van der Waals surface area (Å²) in [6, 6.07) is 6.46. The number of nitrogens with one attached hydrogen (secondary N) is 1. The summed E-state index contributed by atoms with van der Waals surface area (Å²) >= 11 is 0. The van der Waals surface area contributed by atoms with Gasteiger partial charge in [0.15, 0.2) is 5.76 Å². The van der Waals surface area contributed by atoms with Gasteiger partial charge in [-0.25, -0.2) is 0 Å². The molecule has 0 fully saturated rings. The van der Waals surface area contributed by atoms with Crippen LogP contribution in [0.15, 0.2) is 35.0 Å². The van der Waals surface area contributed by atoms with Crippen LogP contribution in [0.2, 0.25) is 0 Å². The van der Waals surface area contributed by atoms with Crippen LogP contribution in [0.1, 0.15) is 21.7 Å². The van der Waals surface area contributed by atoms with Gasteiger partial charge in [-0.15, -0.1) is 0 Å². The standard InChI is InChI=1S/C12H12N2O3/c1-8-2-3-9(6-11(8)15)12(16)13-7-10-4-5-14-17-10/h2-6,15H,7H2,1H3,(H,13,16). The van der Waals surface area contributed by atoms with Crippen molar-refractivity contribution in [3.8, 4) is 5.75 Å². The fourth-order valence-corrected chi connectivity index (χ4v) is 1.35. The number of phenolic OH excluding ortho intramolecular Hbond substituents is 1. The summed E-state index contributed by atoms with van der Waals surface area (Å²) in [7, 11) is 0. The lowest BCUT2D eigenvalue weighted by Crippen LogP contribution is -2.22. The van der Waals surface area contributed by atoms with E-state index in [1.807, 2.05) is 0 Å². The SMILES string of the molecule is Cc1ccc(C(=O)NCc2ccno2)cc1O. The van der Waals surface area contributed by atoms with E-state index in [-0.39, 0.29) is 18.2 Å². The molecular weight excluding hydrogens is 220 g/mol. The fraction of sp³-hybridized carbons (Fsp3) is 0.167. The van der Waals surface area contributed by atoms with Gasteiger partial charge in [-0.05, 0) is 24.6 Å². The number of aromatic nitrogens is 1. The fourth-order valence-electron chi connectivity index (χ4n) is 1.35. The van der Waals surface area contributed by atoms with Crippen LogP contribution in [0, 0.1) is 6.92 Å². The summed E-state index contributed by atoms with van der Waals surface area (Å²) in [5.74, 6) is 0.420. The number of aromatic hydroxyl groups is 1. The maximum Gasteiger partial charge on any atom is 0.251 e. The second-order valence-corrected chi connectivity index (χ2v) is 3.66. The molecule has 0 radical (unpaired) electrons. The van der Waals surface area contributed by atoms with E-state index in [1.165, 1.54) is 12.3 Å². The third kappa shape index (κ3) is 2.63. The molecule has 0 atom stereocenters. The van der Waals surface area contributed by atoms with E-state index in [1.54, 1.807) is 25.1 Å². The zero-order chi connectivity index (χ0) is 12.3. The predicted octanol–water partition coefficient (Wildman–Crippen LogP) is 1.62. The highest BCUT2D eigenvalue weighted by atomic mass is 16.5. The number of amides is 1. The molecule has 5 nitrogen and oxygen atoms in total. The van der Waals surface area contributed by atoms with Gasteiger partial charge < -0.3 is 14.9 Å². The van der Waals surface area contributed by atoms with Crippen LogP contribution in [-0.2, 0) is 6.54 Å². The highest BCUT2D eigenvalue weighted by Crippen LogP contribution is 2.17. The minimum atomic E-state index is -0.267. The Bertz CT molecular complexity index is 521. The Morgan fingerprint density at radius 1 is 1.47 bits per heavy atom. The Morgan fingerprint density at radius 2 is 2.29 bits per heavy atom. The molecule has 0 unspecified atom stereocenters. The molecule has 0 bridgehead atoms. The lowest BCUT2D eigenvalue weighted by atomic mass is 10.1. The molecule has 1 aromatic heterocycles. The molecule has 17 heavy (non-hydrogen) atoms. The number of carbonyl (C=O) groups excluding carboxylic acids is 1. The molecule has 0 spiro atoms. The number of hydrogen-bond acceptors (Lipinski definition) is 4. The molecule has 88 valence electrons. The maximum atomic E-state index is 11.7. The van der Waals surface area contributed by atoms with Crippen molar-refractivity contribution in [1.29, 1.82) is 0 Å². The van der Waals surface area contributed by atoms with Crippen LogP contribution in [0.4, 0.5) is 0 Å². The van der Waals surface area contributed by atoms with E-state index in [9.17, 15) is 9.90 Å². The van der Waals surface area contributed by atoms with Gasteiger partial charge >= 0.3 is 0 Å². The maximum absolute atomic E-state index is 11.7. The van der Waals surface area contributed by atoms with Crippen LogP contribution in [0.25, 0.3) is 0 Å². The molecule has 0 aliphatic heterocycles. The summed E-state index contributed by atoms with van der Waals surface area (Å²) < 4.78 is 4.85. The van der Waals surface area contributed by atoms with E-state index >= 15 is 0 Å². The van der Waals surface area contributed by atoms with Gasteiger partial charge in [-0.1, -0.05) is 11.2 Å². The van der Waals surface area contributed by atoms with Crippen molar-refractivity contribution >= 4 is 5.91 Å². The molecule has 2 N–H and O–H groups in total. The Balaban J connectivity index is 2.02. The predicted molar refractivity (Wildman–Crippen MR) is 60.5 cm³/mol. The zero-order valence-corrected chi connectivity index (χ0v) is 9.30. The second kappa shape index (κ2) is 4.69. The van der Waals surface area contributed by atoms with Gasteiger partial charge in [0.1, 0.15) is 5.75 Å². The summed E-state index contributed by atoms with van der Waals surface area (Å²) in [5.41, 5.74) is 1.14. The van der Waals surface area contributed by atoms with Gasteiger partial charge in [0.2, 0.25) is 0 Å². The number of aryl methyl sites for hydroxylation is 1. The molecule has 2 rings (SSSR count). The largest absolute Gasteiger partial charge is 0.508 e. The third-order valence-corrected chi connectivity index (χ3v) is 2.39. The molecule has 0 aliphatic rings. The monoisotopic (exact) mass is 232 g/mol. The molecule has 1 heterocycles.